The minimum atomic E-state index is -0.813. The highest BCUT2D eigenvalue weighted by Gasteiger charge is 2.33. The number of hydrogen-bond acceptors (Lipinski definition) is 8. The standard InChI is InChI=1S/C29H38N2O3.C29H38N2O2.C7H5ClO3/c32-28(21-27-22-34-27)31-19-17-25(18-20-31)29(33)30-26(15-7-13-23-9-3-1-4-10-23)16-8-14-24-11-5-2-6-12-24;1-2-11-28(32)31-22-20-26(21-23-31)29(33)30-27(18-9-16-24-12-5-3-6-13-24)19-10-17-25-14-7-4-8-15-25;8-6-3-1-2-5(4-6)7(9)11-10/h1-6,9-12,25-27H,7-8,13-22H2,(H,30,33);2-8,12-15,26-27H,1,9-11,16-23H2,(H,30,33);1-4,10H. The van der Waals surface area contributed by atoms with Gasteiger partial charge in [-0.15, -0.1) is 6.58 Å². The average molecular weight is 1080 g/mol. The predicted molar refractivity (Wildman–Crippen MR) is 309 cm³/mol. The second-order valence-corrected chi connectivity index (χ2v) is 21.2. The van der Waals surface area contributed by atoms with E-state index in [4.69, 9.17) is 21.6 Å². The number of epoxide rings is 1. The Balaban J connectivity index is 0.000000211. The number of aryl methyl sites for hydroxylation is 4. The van der Waals surface area contributed by atoms with Crippen LogP contribution in [-0.2, 0) is 54.5 Å². The van der Waals surface area contributed by atoms with Crippen LogP contribution in [0.1, 0.15) is 123 Å². The van der Waals surface area contributed by atoms with Crippen molar-refractivity contribution in [1.82, 2.24) is 20.4 Å². The lowest BCUT2D eigenvalue weighted by Crippen LogP contribution is -2.45. The quantitative estimate of drug-likeness (QED) is 0.0226. The number of benzene rings is 5. The number of halogens is 1. The van der Waals surface area contributed by atoms with Crippen LogP contribution in [0.25, 0.3) is 0 Å². The Hall–Kier alpha value is -6.60. The molecule has 78 heavy (non-hydrogen) atoms. The van der Waals surface area contributed by atoms with Crippen LogP contribution >= 0.6 is 11.6 Å². The van der Waals surface area contributed by atoms with Crippen molar-refractivity contribution in [2.45, 2.75) is 134 Å². The molecule has 1 atom stereocenters. The zero-order valence-electron chi connectivity index (χ0n) is 45.4. The van der Waals surface area contributed by atoms with E-state index < -0.39 is 5.97 Å². The van der Waals surface area contributed by atoms with E-state index in [1.807, 2.05) is 21.9 Å². The van der Waals surface area contributed by atoms with Gasteiger partial charge in [0.1, 0.15) is 0 Å². The van der Waals surface area contributed by atoms with Crippen molar-refractivity contribution in [3.8, 4) is 0 Å². The summed E-state index contributed by atoms with van der Waals surface area (Å²) in [5.74, 6) is -0.190. The molecule has 3 aliphatic rings. The molecule has 3 N–H and O–H groups in total. The van der Waals surface area contributed by atoms with Gasteiger partial charge in [-0.25, -0.2) is 4.79 Å². The minimum absolute atomic E-state index is 0.00327. The summed E-state index contributed by atoms with van der Waals surface area (Å²) in [4.78, 5) is 68.4. The molecule has 3 saturated heterocycles. The van der Waals surface area contributed by atoms with E-state index in [9.17, 15) is 24.0 Å². The third-order valence-electron chi connectivity index (χ3n) is 14.8. The molecule has 5 aromatic rings. The number of nitrogens with zero attached hydrogens (tertiary/aromatic N) is 2. The van der Waals surface area contributed by atoms with Crippen LogP contribution in [0.5, 0.6) is 0 Å². The third-order valence-corrected chi connectivity index (χ3v) is 15.1. The van der Waals surface area contributed by atoms with Gasteiger partial charge in [0.15, 0.2) is 0 Å². The molecule has 0 aromatic heterocycles. The summed E-state index contributed by atoms with van der Waals surface area (Å²) in [6.45, 7) is 7.04. The molecule has 1 unspecified atom stereocenters. The second kappa shape index (κ2) is 34.3. The number of amides is 4. The highest BCUT2D eigenvalue weighted by molar-refractivity contribution is 6.30. The fraction of sp³-hybridized carbons (Fsp3) is 0.431. The van der Waals surface area contributed by atoms with Crippen LogP contribution in [0.4, 0.5) is 0 Å². The normalized spacial score (nSPS) is 15.3. The van der Waals surface area contributed by atoms with Crippen molar-refractivity contribution in [2.75, 3.05) is 32.8 Å². The summed E-state index contributed by atoms with van der Waals surface area (Å²) >= 11 is 5.56. The first-order valence-electron chi connectivity index (χ1n) is 28.2. The third kappa shape index (κ3) is 22.8. The Bertz CT molecular complexity index is 2460. The van der Waals surface area contributed by atoms with Crippen LogP contribution in [-0.4, -0.2) is 95.6 Å². The summed E-state index contributed by atoms with van der Waals surface area (Å²) in [6, 6.07) is 48.8. The molecule has 13 heteroatoms. The van der Waals surface area contributed by atoms with Crippen LogP contribution < -0.4 is 10.6 Å². The summed E-state index contributed by atoms with van der Waals surface area (Å²) < 4.78 is 5.18. The Morgan fingerprint density at radius 1 is 0.577 bits per heavy atom. The second-order valence-electron chi connectivity index (χ2n) is 20.8. The van der Waals surface area contributed by atoms with Crippen LogP contribution in [0.2, 0.25) is 5.02 Å². The lowest BCUT2D eigenvalue weighted by molar-refractivity contribution is -0.182. The summed E-state index contributed by atoms with van der Waals surface area (Å²) in [6.07, 6.45) is 18.0. The van der Waals surface area contributed by atoms with Crippen molar-refractivity contribution < 1.29 is 38.9 Å². The zero-order valence-corrected chi connectivity index (χ0v) is 46.1. The fourth-order valence-electron chi connectivity index (χ4n) is 10.2. The first-order valence-corrected chi connectivity index (χ1v) is 28.6. The van der Waals surface area contributed by atoms with Gasteiger partial charge in [-0.2, -0.15) is 5.26 Å². The van der Waals surface area contributed by atoms with E-state index in [0.29, 0.717) is 50.7 Å². The number of nitrogens with one attached hydrogen (secondary N) is 2. The van der Waals surface area contributed by atoms with Crippen LogP contribution in [0.3, 0.4) is 0 Å². The van der Waals surface area contributed by atoms with Crippen molar-refractivity contribution in [3.05, 3.63) is 191 Å². The van der Waals surface area contributed by atoms with Crippen molar-refractivity contribution in [3.63, 3.8) is 0 Å². The Kier molecular flexibility index (Phi) is 26.7. The molecule has 0 aliphatic carbocycles. The molecule has 4 amide bonds. The SMILES string of the molecule is C=CCC(=O)N1CCC(C(=O)NC(CCCc2ccccc2)CCCc2ccccc2)CC1.O=C(NC(CCCc1ccccc1)CCCc1ccccc1)C1CCN(C(=O)CC2CO2)CC1.O=C(OO)c1cccc(Cl)c1. The average Bonchev–Trinajstić information content (AvgIpc) is 4.30. The maximum atomic E-state index is 13.1. The smallest absolute Gasteiger partial charge is 0.372 e. The highest BCUT2D eigenvalue weighted by atomic mass is 35.5. The first-order chi connectivity index (χ1) is 38.1. The number of ether oxygens (including phenoxy) is 1. The fourth-order valence-corrected chi connectivity index (χ4v) is 10.4. The monoisotopic (exact) mass is 1080 g/mol. The maximum Gasteiger partial charge on any atom is 0.372 e. The molecule has 0 bridgehead atoms. The first kappa shape index (κ1) is 60.6. The van der Waals surface area contributed by atoms with E-state index in [1.54, 1.807) is 18.2 Å². The van der Waals surface area contributed by atoms with E-state index in [2.05, 4.69) is 131 Å². The summed E-state index contributed by atoms with van der Waals surface area (Å²) in [5.41, 5.74) is 5.63. The molecule has 8 rings (SSSR count). The molecule has 0 radical (unpaired) electrons. The molecule has 5 aromatic carbocycles. The predicted octanol–water partition coefficient (Wildman–Crippen LogP) is 11.8. The lowest BCUT2D eigenvalue weighted by atomic mass is 9.93. The van der Waals surface area contributed by atoms with Gasteiger partial charge in [0, 0.05) is 61.5 Å². The van der Waals surface area contributed by atoms with Crippen molar-refractivity contribution in [2.24, 2.45) is 11.8 Å². The van der Waals surface area contributed by atoms with Gasteiger partial charge < -0.3 is 25.2 Å². The topological polar surface area (TPSA) is 158 Å². The lowest BCUT2D eigenvalue weighted by Gasteiger charge is -2.32. The van der Waals surface area contributed by atoms with Gasteiger partial charge in [-0.3, -0.25) is 24.1 Å². The van der Waals surface area contributed by atoms with Crippen LogP contribution in [0, 0.1) is 11.8 Å². The van der Waals surface area contributed by atoms with E-state index >= 15 is 0 Å². The zero-order chi connectivity index (χ0) is 55.2. The number of carbonyl (C=O) groups excluding carboxylic acids is 5. The van der Waals surface area contributed by atoms with E-state index in [1.165, 1.54) is 34.4 Å². The number of rotatable bonds is 25. The van der Waals surface area contributed by atoms with Gasteiger partial charge in [0.25, 0.3) is 0 Å². The van der Waals surface area contributed by atoms with Gasteiger partial charge >= 0.3 is 5.97 Å². The minimum Gasteiger partial charge on any atom is -0.373 e. The molecule has 3 heterocycles. The molecule has 0 spiro atoms. The Labute approximate surface area is 467 Å². The van der Waals surface area contributed by atoms with Crippen molar-refractivity contribution in [1.29, 1.82) is 0 Å². The van der Waals surface area contributed by atoms with Crippen molar-refractivity contribution >= 4 is 41.2 Å². The highest BCUT2D eigenvalue weighted by Crippen LogP contribution is 2.24. The Morgan fingerprint density at radius 2 is 0.949 bits per heavy atom. The van der Waals surface area contributed by atoms with E-state index in [-0.39, 0.29) is 59.2 Å². The maximum absolute atomic E-state index is 13.1. The number of carbonyl (C=O) groups is 5. The number of likely N-dealkylation sites (tertiary alicyclic amines) is 2. The van der Waals surface area contributed by atoms with E-state index in [0.717, 1.165) is 103 Å². The van der Waals surface area contributed by atoms with Crippen LogP contribution in [0.15, 0.2) is 158 Å². The van der Waals surface area contributed by atoms with Gasteiger partial charge in [-0.1, -0.05) is 145 Å². The van der Waals surface area contributed by atoms with Gasteiger partial charge in [-0.05, 0) is 143 Å². The van der Waals surface area contributed by atoms with Gasteiger partial charge in [0.2, 0.25) is 23.6 Å². The van der Waals surface area contributed by atoms with Gasteiger partial charge in [0.05, 0.1) is 24.7 Å². The summed E-state index contributed by atoms with van der Waals surface area (Å²) in [5, 5.41) is 15.2. The molecular weight excluding hydrogens is 1000 g/mol. The molecule has 0 saturated carbocycles. The molecule has 12 nitrogen and oxygen atoms in total. The largest absolute Gasteiger partial charge is 0.373 e. The summed E-state index contributed by atoms with van der Waals surface area (Å²) in [7, 11) is 0. The molecule has 3 fully saturated rings. The molecule has 3 aliphatic heterocycles. The molecular formula is C65H81ClN4O8. The number of piperidine rings is 2. The number of hydrogen-bond donors (Lipinski definition) is 3. The molecule has 416 valence electrons. The Morgan fingerprint density at radius 3 is 1.28 bits per heavy atom.